The van der Waals surface area contributed by atoms with E-state index in [1.807, 2.05) is 18.2 Å². The first-order valence-corrected chi connectivity index (χ1v) is 11.3. The van der Waals surface area contributed by atoms with Crippen LogP contribution in [0.4, 0.5) is 0 Å². The van der Waals surface area contributed by atoms with Crippen molar-refractivity contribution < 1.29 is 13.2 Å². The second-order valence-electron chi connectivity index (χ2n) is 7.52. The normalized spacial score (nSPS) is 20.2. The van der Waals surface area contributed by atoms with Crippen LogP contribution in [0.2, 0.25) is 0 Å². The molecule has 6 nitrogen and oxygen atoms in total. The minimum Gasteiger partial charge on any atom is -0.350 e. The van der Waals surface area contributed by atoms with Crippen molar-refractivity contribution in [1.29, 1.82) is 0 Å². The SMILES string of the molecule is CS(=O)(=O)c1ccc(C(=C[C@H]2CCC(=O)N2)c2ccc(C3CC3)c(=O)[nH]2)cc1. The van der Waals surface area contributed by atoms with Crippen LogP contribution in [-0.2, 0) is 14.6 Å². The van der Waals surface area contributed by atoms with E-state index in [0.29, 0.717) is 24.5 Å². The van der Waals surface area contributed by atoms with E-state index in [2.05, 4.69) is 10.3 Å². The number of aromatic nitrogens is 1. The van der Waals surface area contributed by atoms with E-state index in [-0.39, 0.29) is 22.4 Å². The zero-order chi connectivity index (χ0) is 19.9. The monoisotopic (exact) mass is 398 g/mol. The van der Waals surface area contributed by atoms with Gasteiger partial charge in [0, 0.05) is 35.5 Å². The van der Waals surface area contributed by atoms with E-state index in [0.717, 1.165) is 29.5 Å². The van der Waals surface area contributed by atoms with Gasteiger partial charge in [-0.15, -0.1) is 0 Å². The van der Waals surface area contributed by atoms with Crippen molar-refractivity contribution in [2.24, 2.45) is 0 Å². The average molecular weight is 398 g/mol. The number of hydrogen-bond acceptors (Lipinski definition) is 4. The molecule has 28 heavy (non-hydrogen) atoms. The molecule has 2 heterocycles. The number of aromatic amines is 1. The zero-order valence-electron chi connectivity index (χ0n) is 15.6. The number of nitrogens with one attached hydrogen (secondary N) is 2. The van der Waals surface area contributed by atoms with Crippen molar-refractivity contribution in [3.05, 3.63) is 69.6 Å². The Morgan fingerprint density at radius 1 is 1.04 bits per heavy atom. The average Bonchev–Trinajstić information content (AvgIpc) is 3.40. The third kappa shape index (κ3) is 3.94. The molecule has 2 aliphatic rings. The first kappa shape index (κ1) is 18.7. The van der Waals surface area contributed by atoms with Crippen LogP contribution in [0.1, 0.15) is 48.4 Å². The highest BCUT2D eigenvalue weighted by molar-refractivity contribution is 7.90. The number of carbonyl (C=O) groups is 1. The van der Waals surface area contributed by atoms with Crippen LogP contribution in [0.3, 0.4) is 0 Å². The predicted molar refractivity (Wildman–Crippen MR) is 107 cm³/mol. The molecule has 1 aliphatic carbocycles. The van der Waals surface area contributed by atoms with Crippen molar-refractivity contribution >= 4 is 21.3 Å². The predicted octanol–water partition coefficient (Wildman–Crippen LogP) is 2.37. The van der Waals surface area contributed by atoms with Crippen molar-refractivity contribution in [3.63, 3.8) is 0 Å². The molecular formula is C21H22N2O4S. The van der Waals surface area contributed by atoms with Gasteiger partial charge in [0.15, 0.2) is 9.84 Å². The third-order valence-electron chi connectivity index (χ3n) is 5.24. The standard InChI is InChI=1S/C21H22N2O4S/c1-28(26,27)16-7-4-14(5-8-16)18(12-15-6-11-20(24)22-15)19-10-9-17(13-2-3-13)21(25)23-19/h4-5,7-10,12-13,15H,2-3,6,11H2,1H3,(H,22,24)(H,23,25)/t15-/m1/s1. The molecule has 146 valence electrons. The maximum absolute atomic E-state index is 12.5. The molecular weight excluding hydrogens is 376 g/mol. The number of sulfone groups is 1. The lowest BCUT2D eigenvalue weighted by Crippen LogP contribution is -2.23. The van der Waals surface area contributed by atoms with Crippen LogP contribution in [0.5, 0.6) is 0 Å². The van der Waals surface area contributed by atoms with Gasteiger partial charge in [-0.2, -0.15) is 0 Å². The maximum atomic E-state index is 12.5. The Morgan fingerprint density at radius 3 is 2.29 bits per heavy atom. The zero-order valence-corrected chi connectivity index (χ0v) is 16.4. The second kappa shape index (κ2) is 7.05. The molecule has 2 fully saturated rings. The lowest BCUT2D eigenvalue weighted by molar-refractivity contribution is -0.119. The number of hydrogen-bond donors (Lipinski definition) is 2. The Balaban J connectivity index is 1.76. The van der Waals surface area contributed by atoms with E-state index < -0.39 is 9.84 Å². The summed E-state index contributed by atoms with van der Waals surface area (Å²) in [5, 5.41) is 2.91. The molecule has 0 bridgehead atoms. The molecule has 2 N–H and O–H groups in total. The summed E-state index contributed by atoms with van der Waals surface area (Å²) in [4.78, 5) is 27.3. The van der Waals surface area contributed by atoms with Gasteiger partial charge in [-0.3, -0.25) is 9.59 Å². The van der Waals surface area contributed by atoms with E-state index in [9.17, 15) is 18.0 Å². The fourth-order valence-electron chi connectivity index (χ4n) is 3.54. The highest BCUT2D eigenvalue weighted by Crippen LogP contribution is 2.38. The number of benzene rings is 1. The number of carbonyl (C=O) groups excluding carboxylic acids is 1. The summed E-state index contributed by atoms with van der Waals surface area (Å²) in [6.45, 7) is 0. The Morgan fingerprint density at radius 2 is 1.75 bits per heavy atom. The van der Waals surface area contributed by atoms with Gasteiger partial charge in [-0.25, -0.2) is 8.42 Å². The van der Waals surface area contributed by atoms with Gasteiger partial charge in [0.25, 0.3) is 5.56 Å². The minimum absolute atomic E-state index is 0.00518. The Bertz CT molecular complexity index is 1110. The highest BCUT2D eigenvalue weighted by Gasteiger charge is 2.26. The number of rotatable bonds is 5. The topological polar surface area (TPSA) is 96.1 Å². The Labute approximate surface area is 163 Å². The smallest absolute Gasteiger partial charge is 0.251 e. The first-order chi connectivity index (χ1) is 13.3. The molecule has 0 radical (unpaired) electrons. The molecule has 0 spiro atoms. The summed E-state index contributed by atoms with van der Waals surface area (Å²) < 4.78 is 23.5. The largest absolute Gasteiger partial charge is 0.350 e. The van der Waals surface area contributed by atoms with E-state index in [4.69, 9.17) is 0 Å². The van der Waals surface area contributed by atoms with Crippen molar-refractivity contribution in [3.8, 4) is 0 Å². The maximum Gasteiger partial charge on any atom is 0.251 e. The van der Waals surface area contributed by atoms with Crippen molar-refractivity contribution in [2.45, 2.75) is 42.5 Å². The summed E-state index contributed by atoms with van der Waals surface area (Å²) in [7, 11) is -3.29. The van der Waals surface area contributed by atoms with Gasteiger partial charge in [-0.1, -0.05) is 24.3 Å². The van der Waals surface area contributed by atoms with Crippen LogP contribution < -0.4 is 10.9 Å². The Hall–Kier alpha value is -2.67. The summed E-state index contributed by atoms with van der Waals surface area (Å²) in [5.74, 6) is 0.360. The number of amides is 1. The molecule has 1 saturated heterocycles. The summed E-state index contributed by atoms with van der Waals surface area (Å²) in [6.07, 6.45) is 6.36. The molecule has 1 atom stereocenters. The van der Waals surface area contributed by atoms with Gasteiger partial charge in [-0.05, 0) is 48.9 Å². The quantitative estimate of drug-likeness (QED) is 0.808. The lowest BCUT2D eigenvalue weighted by atomic mass is 9.98. The molecule has 1 aromatic carbocycles. The van der Waals surface area contributed by atoms with Crippen LogP contribution in [-0.4, -0.2) is 31.6 Å². The van der Waals surface area contributed by atoms with E-state index >= 15 is 0 Å². The lowest BCUT2D eigenvalue weighted by Gasteiger charge is -2.13. The number of H-pyrrole nitrogens is 1. The highest BCUT2D eigenvalue weighted by atomic mass is 32.2. The van der Waals surface area contributed by atoms with Gasteiger partial charge < -0.3 is 10.3 Å². The summed E-state index contributed by atoms with van der Waals surface area (Å²) in [5.41, 5.74) is 2.93. The van der Waals surface area contributed by atoms with Gasteiger partial charge in [0.2, 0.25) is 5.91 Å². The molecule has 1 aromatic heterocycles. The molecule has 1 saturated carbocycles. The molecule has 2 aromatic rings. The summed E-state index contributed by atoms with van der Waals surface area (Å²) in [6, 6.07) is 10.2. The fourth-order valence-corrected chi connectivity index (χ4v) is 4.18. The third-order valence-corrected chi connectivity index (χ3v) is 6.37. The molecule has 1 amide bonds. The second-order valence-corrected chi connectivity index (χ2v) is 9.54. The van der Waals surface area contributed by atoms with Crippen molar-refractivity contribution in [2.75, 3.05) is 6.26 Å². The fraction of sp³-hybridized carbons (Fsp3) is 0.333. The molecule has 4 rings (SSSR count). The van der Waals surface area contributed by atoms with Crippen LogP contribution in [0.25, 0.3) is 5.57 Å². The van der Waals surface area contributed by atoms with Gasteiger partial charge in [0.05, 0.1) is 4.90 Å². The van der Waals surface area contributed by atoms with Gasteiger partial charge >= 0.3 is 0 Å². The Kier molecular flexibility index (Phi) is 4.71. The van der Waals surface area contributed by atoms with Crippen LogP contribution >= 0.6 is 0 Å². The molecule has 1 aliphatic heterocycles. The van der Waals surface area contributed by atoms with E-state index in [1.54, 1.807) is 24.3 Å². The summed E-state index contributed by atoms with van der Waals surface area (Å²) >= 11 is 0. The van der Waals surface area contributed by atoms with Crippen molar-refractivity contribution in [1.82, 2.24) is 10.3 Å². The van der Waals surface area contributed by atoms with Gasteiger partial charge in [0.1, 0.15) is 0 Å². The molecule has 7 heteroatoms. The van der Waals surface area contributed by atoms with Crippen LogP contribution in [0, 0.1) is 0 Å². The van der Waals surface area contributed by atoms with E-state index in [1.165, 1.54) is 6.26 Å². The minimum atomic E-state index is -3.29. The number of pyridine rings is 1. The molecule has 0 unspecified atom stereocenters. The first-order valence-electron chi connectivity index (χ1n) is 9.36. The van der Waals surface area contributed by atoms with Crippen LogP contribution in [0.15, 0.2) is 52.2 Å².